The van der Waals surface area contributed by atoms with E-state index in [9.17, 15) is 4.79 Å². The van der Waals surface area contributed by atoms with E-state index in [4.69, 9.17) is 0 Å². The van der Waals surface area contributed by atoms with Gasteiger partial charge in [-0.3, -0.25) is 10.1 Å². The molecule has 0 saturated heterocycles. The normalized spacial score (nSPS) is 13.0. The fourth-order valence-electron chi connectivity index (χ4n) is 3.05. The topological polar surface area (TPSA) is 41.1 Å². The lowest BCUT2D eigenvalue weighted by molar-refractivity contribution is -0.123. The first kappa shape index (κ1) is 18.9. The molecule has 138 valence electrons. The molecular formula is C24H26N2O. The number of carbonyl (C=O) groups excluding carboxylic acids is 1. The molecule has 0 unspecified atom stereocenters. The Balaban J connectivity index is 1.71. The molecule has 0 heterocycles. The number of hydrogen-bond acceptors (Lipinski definition) is 2. The van der Waals surface area contributed by atoms with E-state index < -0.39 is 0 Å². The lowest BCUT2D eigenvalue weighted by Crippen LogP contribution is -2.43. The van der Waals surface area contributed by atoms with E-state index in [-0.39, 0.29) is 18.0 Å². The van der Waals surface area contributed by atoms with Gasteiger partial charge in [0.2, 0.25) is 5.91 Å². The van der Waals surface area contributed by atoms with Gasteiger partial charge in [-0.2, -0.15) is 0 Å². The Morgan fingerprint density at radius 1 is 0.815 bits per heavy atom. The molecule has 0 fully saturated rings. The number of nitrogens with one attached hydrogen (secondary N) is 2. The number of benzene rings is 3. The van der Waals surface area contributed by atoms with Crippen molar-refractivity contribution in [1.29, 1.82) is 0 Å². The molecule has 2 atom stereocenters. The monoisotopic (exact) mass is 358 g/mol. The fraction of sp³-hybridized carbons (Fsp3) is 0.208. The molecule has 0 radical (unpaired) electrons. The van der Waals surface area contributed by atoms with Gasteiger partial charge in [0.05, 0.1) is 12.1 Å². The van der Waals surface area contributed by atoms with Gasteiger partial charge in [-0.1, -0.05) is 90.5 Å². The molecule has 0 bridgehead atoms. The summed E-state index contributed by atoms with van der Waals surface area (Å²) in [5, 5.41) is 6.51. The molecule has 0 saturated carbocycles. The standard InChI is InChI=1S/C24H26N2O/c1-18-13-15-22(16-14-18)23(21-11-7-4-8-12-21)26-19(2)24(27)25-17-20-9-5-3-6-10-20/h3-16,19,23,26H,17H2,1-2H3,(H,25,27)/t19-,23-/m1/s1. The third kappa shape index (κ3) is 5.28. The lowest BCUT2D eigenvalue weighted by atomic mass is 9.97. The van der Waals surface area contributed by atoms with Gasteiger partial charge >= 0.3 is 0 Å². The summed E-state index contributed by atoms with van der Waals surface area (Å²) in [5.74, 6) is -0.00750. The van der Waals surface area contributed by atoms with Crippen LogP contribution in [0.15, 0.2) is 84.9 Å². The first-order valence-electron chi connectivity index (χ1n) is 9.32. The molecule has 27 heavy (non-hydrogen) atoms. The summed E-state index contributed by atoms with van der Waals surface area (Å²) in [6, 6.07) is 28.3. The van der Waals surface area contributed by atoms with Crippen LogP contribution in [0, 0.1) is 6.92 Å². The summed E-state index contributed by atoms with van der Waals surface area (Å²) in [6.45, 7) is 4.52. The van der Waals surface area contributed by atoms with Crippen LogP contribution in [-0.2, 0) is 11.3 Å². The Bertz CT molecular complexity index is 845. The molecule has 0 aromatic heterocycles. The minimum Gasteiger partial charge on any atom is -0.351 e. The average Bonchev–Trinajstić information content (AvgIpc) is 2.72. The summed E-state index contributed by atoms with van der Waals surface area (Å²) in [4.78, 5) is 12.6. The average molecular weight is 358 g/mol. The van der Waals surface area contributed by atoms with Gasteiger partial charge in [-0.25, -0.2) is 0 Å². The van der Waals surface area contributed by atoms with Crippen LogP contribution in [0.5, 0.6) is 0 Å². The largest absolute Gasteiger partial charge is 0.351 e. The van der Waals surface area contributed by atoms with Gasteiger partial charge in [0.25, 0.3) is 0 Å². The number of carbonyl (C=O) groups is 1. The highest BCUT2D eigenvalue weighted by atomic mass is 16.2. The predicted octanol–water partition coefficient (Wildman–Crippen LogP) is 4.38. The highest BCUT2D eigenvalue weighted by Crippen LogP contribution is 2.23. The summed E-state index contributed by atoms with van der Waals surface area (Å²) in [6.07, 6.45) is 0. The van der Waals surface area contributed by atoms with Crippen LogP contribution in [0.25, 0.3) is 0 Å². The maximum Gasteiger partial charge on any atom is 0.237 e. The Kier molecular flexibility index (Phi) is 6.39. The molecule has 0 aliphatic heterocycles. The predicted molar refractivity (Wildman–Crippen MR) is 110 cm³/mol. The quantitative estimate of drug-likeness (QED) is 0.658. The Morgan fingerprint density at radius 3 is 2.00 bits per heavy atom. The summed E-state index contributed by atoms with van der Waals surface area (Å²) < 4.78 is 0. The van der Waals surface area contributed by atoms with Gasteiger partial charge < -0.3 is 5.32 Å². The molecular weight excluding hydrogens is 332 g/mol. The fourth-order valence-corrected chi connectivity index (χ4v) is 3.05. The third-order valence-corrected chi connectivity index (χ3v) is 4.66. The van der Waals surface area contributed by atoms with Gasteiger partial charge in [-0.05, 0) is 30.5 Å². The highest BCUT2D eigenvalue weighted by Gasteiger charge is 2.20. The first-order chi connectivity index (χ1) is 13.1. The number of rotatable bonds is 7. The maximum atomic E-state index is 12.6. The second-order valence-corrected chi connectivity index (χ2v) is 6.85. The van der Waals surface area contributed by atoms with Crippen molar-refractivity contribution in [3.8, 4) is 0 Å². The molecule has 2 N–H and O–H groups in total. The van der Waals surface area contributed by atoms with Crippen molar-refractivity contribution >= 4 is 5.91 Å². The molecule has 3 rings (SSSR count). The van der Waals surface area contributed by atoms with Crippen molar-refractivity contribution in [3.63, 3.8) is 0 Å². The van der Waals surface area contributed by atoms with Gasteiger partial charge in [0.1, 0.15) is 0 Å². The highest BCUT2D eigenvalue weighted by molar-refractivity contribution is 5.81. The molecule has 3 aromatic rings. The van der Waals surface area contributed by atoms with Crippen molar-refractivity contribution in [2.24, 2.45) is 0 Å². The third-order valence-electron chi connectivity index (χ3n) is 4.66. The van der Waals surface area contributed by atoms with E-state index in [0.717, 1.165) is 16.7 Å². The van der Waals surface area contributed by atoms with Crippen LogP contribution in [0.4, 0.5) is 0 Å². The van der Waals surface area contributed by atoms with Crippen LogP contribution >= 0.6 is 0 Å². The van der Waals surface area contributed by atoms with Crippen LogP contribution in [0.1, 0.15) is 35.2 Å². The Hall–Kier alpha value is -2.91. The summed E-state index contributed by atoms with van der Waals surface area (Å²) >= 11 is 0. The summed E-state index contributed by atoms with van der Waals surface area (Å²) in [5.41, 5.74) is 4.61. The minimum absolute atomic E-state index is 0.00750. The lowest BCUT2D eigenvalue weighted by Gasteiger charge is -2.24. The molecule has 3 heteroatoms. The Labute approximate surface area is 161 Å². The van der Waals surface area contributed by atoms with E-state index in [0.29, 0.717) is 6.54 Å². The number of amides is 1. The van der Waals surface area contributed by atoms with Crippen LogP contribution < -0.4 is 10.6 Å². The number of aryl methyl sites for hydroxylation is 1. The molecule has 0 aliphatic rings. The van der Waals surface area contributed by atoms with E-state index in [2.05, 4.69) is 54.0 Å². The van der Waals surface area contributed by atoms with E-state index in [1.54, 1.807) is 0 Å². The zero-order valence-corrected chi connectivity index (χ0v) is 15.9. The van der Waals surface area contributed by atoms with Crippen molar-refractivity contribution in [2.75, 3.05) is 0 Å². The SMILES string of the molecule is Cc1ccc([C@H](N[C@H](C)C(=O)NCc2ccccc2)c2ccccc2)cc1. The van der Waals surface area contributed by atoms with Crippen LogP contribution in [-0.4, -0.2) is 11.9 Å². The van der Waals surface area contributed by atoms with Gasteiger partial charge in [0.15, 0.2) is 0 Å². The zero-order chi connectivity index (χ0) is 19.1. The molecule has 1 amide bonds. The van der Waals surface area contributed by atoms with Crippen molar-refractivity contribution in [1.82, 2.24) is 10.6 Å². The minimum atomic E-state index is -0.319. The van der Waals surface area contributed by atoms with Crippen molar-refractivity contribution in [3.05, 3.63) is 107 Å². The summed E-state index contributed by atoms with van der Waals surface area (Å²) in [7, 11) is 0. The van der Waals surface area contributed by atoms with Gasteiger partial charge in [-0.15, -0.1) is 0 Å². The van der Waals surface area contributed by atoms with Crippen LogP contribution in [0.3, 0.4) is 0 Å². The second-order valence-electron chi connectivity index (χ2n) is 6.85. The molecule has 0 spiro atoms. The Morgan fingerprint density at radius 2 is 1.37 bits per heavy atom. The first-order valence-corrected chi connectivity index (χ1v) is 9.32. The maximum absolute atomic E-state index is 12.6. The molecule has 3 nitrogen and oxygen atoms in total. The molecule has 0 aliphatic carbocycles. The number of hydrogen-bond donors (Lipinski definition) is 2. The molecule has 3 aromatic carbocycles. The second kappa shape index (κ2) is 9.15. The van der Waals surface area contributed by atoms with Gasteiger partial charge in [0, 0.05) is 6.54 Å². The van der Waals surface area contributed by atoms with E-state index >= 15 is 0 Å². The van der Waals surface area contributed by atoms with E-state index in [1.165, 1.54) is 5.56 Å². The zero-order valence-electron chi connectivity index (χ0n) is 15.9. The van der Waals surface area contributed by atoms with Crippen LogP contribution in [0.2, 0.25) is 0 Å². The van der Waals surface area contributed by atoms with Crippen molar-refractivity contribution < 1.29 is 4.79 Å². The van der Waals surface area contributed by atoms with E-state index in [1.807, 2.05) is 55.5 Å². The smallest absolute Gasteiger partial charge is 0.237 e. The van der Waals surface area contributed by atoms with Crippen molar-refractivity contribution in [2.45, 2.75) is 32.5 Å².